The molecule has 0 bridgehead atoms. The summed E-state index contributed by atoms with van der Waals surface area (Å²) in [6.45, 7) is 2.02. The lowest BCUT2D eigenvalue weighted by atomic mass is 9.77. The van der Waals surface area contributed by atoms with E-state index in [9.17, 15) is 4.39 Å². The molecule has 130 valence electrons. The van der Waals surface area contributed by atoms with Crippen LogP contribution in [0.15, 0.2) is 47.0 Å². The first-order chi connectivity index (χ1) is 11.5. The Bertz CT molecular complexity index is 888. The van der Waals surface area contributed by atoms with Crippen LogP contribution < -0.4 is 5.73 Å². The molecule has 3 aromatic rings. The van der Waals surface area contributed by atoms with E-state index in [1.54, 1.807) is 6.07 Å². The first-order valence-electron chi connectivity index (χ1n) is 8.05. The highest BCUT2D eigenvalue weighted by Gasteiger charge is 2.39. The summed E-state index contributed by atoms with van der Waals surface area (Å²) in [6, 6.07) is 13.0. The van der Waals surface area contributed by atoms with Crippen molar-refractivity contribution in [2.45, 2.75) is 31.7 Å². The standard InChI is InChI=1S/C19H18FN3O.ClH/c1-12-3-5-13(6-4-12)14-7-8-15(16(20)11-14)17-22-18(23-24-17)19(21)9-2-10-19;/h3-8,11H,2,9-10,21H2,1H3;1H. The number of nitrogens with two attached hydrogens (primary N) is 1. The zero-order valence-electron chi connectivity index (χ0n) is 13.8. The van der Waals surface area contributed by atoms with Gasteiger partial charge in [-0.05, 0) is 49.4 Å². The van der Waals surface area contributed by atoms with Crippen molar-refractivity contribution in [1.29, 1.82) is 0 Å². The average Bonchev–Trinajstić information content (AvgIpc) is 3.03. The summed E-state index contributed by atoms with van der Waals surface area (Å²) in [7, 11) is 0. The van der Waals surface area contributed by atoms with E-state index >= 15 is 0 Å². The second kappa shape index (κ2) is 6.58. The van der Waals surface area contributed by atoms with E-state index in [-0.39, 0.29) is 24.1 Å². The molecule has 1 saturated carbocycles. The molecule has 1 aliphatic carbocycles. The zero-order chi connectivity index (χ0) is 16.7. The number of hydrogen-bond acceptors (Lipinski definition) is 4. The van der Waals surface area contributed by atoms with E-state index in [1.165, 1.54) is 11.6 Å². The van der Waals surface area contributed by atoms with Crippen LogP contribution in [0.1, 0.15) is 30.7 Å². The Hall–Kier alpha value is -2.24. The molecular formula is C19H19ClFN3O. The second-order valence-corrected chi connectivity index (χ2v) is 6.49. The van der Waals surface area contributed by atoms with Gasteiger partial charge < -0.3 is 10.3 Å². The van der Waals surface area contributed by atoms with Crippen LogP contribution in [-0.2, 0) is 5.54 Å². The highest BCUT2D eigenvalue weighted by atomic mass is 35.5. The molecule has 2 aromatic carbocycles. The summed E-state index contributed by atoms with van der Waals surface area (Å²) in [5.74, 6) is 0.253. The van der Waals surface area contributed by atoms with Gasteiger partial charge in [-0.25, -0.2) is 4.39 Å². The molecule has 4 nitrogen and oxygen atoms in total. The molecule has 1 fully saturated rings. The Morgan fingerprint density at radius 2 is 1.76 bits per heavy atom. The van der Waals surface area contributed by atoms with Gasteiger partial charge in [-0.3, -0.25) is 0 Å². The van der Waals surface area contributed by atoms with E-state index in [0.29, 0.717) is 11.4 Å². The number of rotatable bonds is 3. The molecule has 2 N–H and O–H groups in total. The quantitative estimate of drug-likeness (QED) is 0.741. The predicted octanol–water partition coefficient (Wildman–Crippen LogP) is 4.61. The fourth-order valence-corrected chi connectivity index (χ4v) is 2.93. The van der Waals surface area contributed by atoms with Crippen molar-refractivity contribution in [3.63, 3.8) is 0 Å². The molecule has 25 heavy (non-hydrogen) atoms. The van der Waals surface area contributed by atoms with Gasteiger partial charge in [-0.2, -0.15) is 4.98 Å². The van der Waals surface area contributed by atoms with Crippen LogP contribution in [-0.4, -0.2) is 10.1 Å². The number of benzene rings is 2. The highest BCUT2D eigenvalue weighted by Crippen LogP contribution is 2.38. The Morgan fingerprint density at radius 3 is 2.36 bits per heavy atom. The normalized spacial score (nSPS) is 15.3. The molecule has 6 heteroatoms. The average molecular weight is 360 g/mol. The molecule has 0 radical (unpaired) electrons. The third kappa shape index (κ3) is 3.17. The molecule has 0 saturated heterocycles. The maximum absolute atomic E-state index is 14.5. The lowest BCUT2D eigenvalue weighted by Crippen LogP contribution is -2.44. The van der Waals surface area contributed by atoms with Crippen molar-refractivity contribution in [2.24, 2.45) is 5.73 Å². The van der Waals surface area contributed by atoms with E-state index in [0.717, 1.165) is 30.4 Å². The van der Waals surface area contributed by atoms with E-state index in [2.05, 4.69) is 10.1 Å². The third-order valence-corrected chi connectivity index (χ3v) is 4.70. The minimum absolute atomic E-state index is 0. The van der Waals surface area contributed by atoms with Gasteiger partial charge in [-0.1, -0.05) is 41.1 Å². The maximum Gasteiger partial charge on any atom is 0.260 e. The van der Waals surface area contributed by atoms with Gasteiger partial charge in [0.1, 0.15) is 5.82 Å². The van der Waals surface area contributed by atoms with Crippen LogP contribution in [0.3, 0.4) is 0 Å². The molecular weight excluding hydrogens is 341 g/mol. The molecule has 0 unspecified atom stereocenters. The zero-order valence-corrected chi connectivity index (χ0v) is 14.6. The smallest absolute Gasteiger partial charge is 0.260 e. The largest absolute Gasteiger partial charge is 0.334 e. The van der Waals surface area contributed by atoms with Gasteiger partial charge >= 0.3 is 0 Å². The first-order valence-corrected chi connectivity index (χ1v) is 8.05. The van der Waals surface area contributed by atoms with E-state index in [4.69, 9.17) is 10.3 Å². The van der Waals surface area contributed by atoms with E-state index in [1.807, 2.05) is 37.3 Å². The SMILES string of the molecule is Cc1ccc(-c2ccc(-c3nc(C4(N)CCC4)no3)c(F)c2)cc1.Cl. The van der Waals surface area contributed by atoms with Crippen LogP contribution >= 0.6 is 12.4 Å². The maximum atomic E-state index is 14.5. The van der Waals surface area contributed by atoms with Crippen LogP contribution in [0.5, 0.6) is 0 Å². The summed E-state index contributed by atoms with van der Waals surface area (Å²) in [6.07, 6.45) is 2.72. The predicted molar refractivity (Wildman–Crippen MR) is 96.8 cm³/mol. The van der Waals surface area contributed by atoms with Crippen molar-refractivity contribution >= 4 is 12.4 Å². The Labute approximate surface area is 151 Å². The van der Waals surface area contributed by atoms with Gasteiger partial charge in [0.15, 0.2) is 5.82 Å². The van der Waals surface area contributed by atoms with Gasteiger partial charge in [0, 0.05) is 0 Å². The van der Waals surface area contributed by atoms with Crippen molar-refractivity contribution < 1.29 is 8.91 Å². The van der Waals surface area contributed by atoms with Crippen molar-refractivity contribution in [1.82, 2.24) is 10.1 Å². The van der Waals surface area contributed by atoms with Crippen molar-refractivity contribution in [2.75, 3.05) is 0 Å². The van der Waals surface area contributed by atoms with Gasteiger partial charge in [-0.15, -0.1) is 12.4 Å². The molecule has 1 heterocycles. The number of aromatic nitrogens is 2. The summed E-state index contributed by atoms with van der Waals surface area (Å²) in [5.41, 5.74) is 8.92. The lowest BCUT2D eigenvalue weighted by Gasteiger charge is -2.34. The molecule has 0 atom stereocenters. The third-order valence-electron chi connectivity index (χ3n) is 4.70. The first kappa shape index (κ1) is 17.6. The molecule has 0 aliphatic heterocycles. The van der Waals surface area contributed by atoms with Crippen LogP contribution in [0.25, 0.3) is 22.6 Å². The van der Waals surface area contributed by atoms with Gasteiger partial charge in [0.05, 0.1) is 11.1 Å². The van der Waals surface area contributed by atoms with Gasteiger partial charge in [0.25, 0.3) is 5.89 Å². The Balaban J connectivity index is 0.00000182. The number of nitrogens with zero attached hydrogens (tertiary/aromatic N) is 2. The van der Waals surface area contributed by atoms with Crippen LogP contribution in [0.4, 0.5) is 4.39 Å². The number of aryl methyl sites for hydroxylation is 1. The summed E-state index contributed by atoms with van der Waals surface area (Å²) in [5, 5.41) is 3.94. The minimum Gasteiger partial charge on any atom is -0.334 e. The van der Waals surface area contributed by atoms with Crippen molar-refractivity contribution in [3.8, 4) is 22.6 Å². The second-order valence-electron chi connectivity index (χ2n) is 6.49. The number of hydrogen-bond donors (Lipinski definition) is 1. The molecule has 1 aliphatic rings. The number of halogens is 2. The molecule has 0 spiro atoms. The summed E-state index contributed by atoms with van der Waals surface area (Å²) < 4.78 is 19.8. The minimum atomic E-state index is -0.514. The fraction of sp³-hybridized carbons (Fsp3) is 0.263. The summed E-state index contributed by atoms with van der Waals surface area (Å²) >= 11 is 0. The molecule has 4 rings (SSSR count). The highest BCUT2D eigenvalue weighted by molar-refractivity contribution is 5.85. The van der Waals surface area contributed by atoms with E-state index < -0.39 is 5.54 Å². The monoisotopic (exact) mass is 359 g/mol. The summed E-state index contributed by atoms with van der Waals surface area (Å²) in [4.78, 5) is 4.31. The molecule has 1 aromatic heterocycles. The van der Waals surface area contributed by atoms with Gasteiger partial charge in [0.2, 0.25) is 0 Å². The van der Waals surface area contributed by atoms with Crippen LogP contribution in [0.2, 0.25) is 0 Å². The Morgan fingerprint density at radius 1 is 1.08 bits per heavy atom. The fourth-order valence-electron chi connectivity index (χ4n) is 2.93. The van der Waals surface area contributed by atoms with Crippen molar-refractivity contribution in [3.05, 3.63) is 59.7 Å². The Kier molecular flexibility index (Phi) is 4.62. The topological polar surface area (TPSA) is 64.9 Å². The van der Waals surface area contributed by atoms with Crippen LogP contribution in [0, 0.1) is 12.7 Å². The molecule has 0 amide bonds. The lowest BCUT2D eigenvalue weighted by molar-refractivity contribution is 0.229.